The number of hydrogen-bond donors (Lipinski definition) is 1. The van der Waals surface area contributed by atoms with E-state index >= 15 is 0 Å². The fraction of sp³-hybridized carbons (Fsp3) is 0.611. The number of nitrogens with zero attached hydrogens (tertiary/aromatic N) is 1. The quantitative estimate of drug-likeness (QED) is 0.815. The zero-order chi connectivity index (χ0) is 17.7. The third-order valence-corrected chi connectivity index (χ3v) is 6.34. The van der Waals surface area contributed by atoms with Gasteiger partial charge in [0.05, 0.1) is 13.2 Å². The van der Waals surface area contributed by atoms with Gasteiger partial charge in [-0.1, -0.05) is 11.6 Å². The van der Waals surface area contributed by atoms with Crippen molar-refractivity contribution < 1.29 is 14.3 Å². The Morgan fingerprint density at radius 3 is 2.92 bits per heavy atom. The van der Waals surface area contributed by atoms with Gasteiger partial charge in [0, 0.05) is 35.9 Å². The molecule has 0 aromatic heterocycles. The molecule has 0 spiro atoms. The van der Waals surface area contributed by atoms with Crippen molar-refractivity contribution in [2.75, 3.05) is 51.0 Å². The van der Waals surface area contributed by atoms with Crippen LogP contribution < -0.4 is 10.1 Å². The monoisotopic (exact) mass is 384 g/mol. The first kappa shape index (κ1) is 18.8. The lowest BCUT2D eigenvalue weighted by molar-refractivity contribution is -0.124. The van der Waals surface area contributed by atoms with Crippen LogP contribution in [0.5, 0.6) is 5.75 Å². The molecule has 3 rings (SSSR count). The standard InChI is InChI=1S/C18H25ClN2O3S/c1-14-10-15(19)2-3-16(14)24-11-17(22)20-12-18(4-9-25-13-18)21-5-7-23-8-6-21/h2-3,10H,4-9,11-13H2,1H3,(H,20,22). The van der Waals surface area contributed by atoms with Crippen LogP contribution in [-0.2, 0) is 9.53 Å². The number of carbonyl (C=O) groups is 1. The molecule has 7 heteroatoms. The normalized spacial score (nSPS) is 24.2. The summed E-state index contributed by atoms with van der Waals surface area (Å²) in [6, 6.07) is 5.40. The smallest absolute Gasteiger partial charge is 0.258 e. The summed E-state index contributed by atoms with van der Waals surface area (Å²) in [7, 11) is 0. The summed E-state index contributed by atoms with van der Waals surface area (Å²) in [6.07, 6.45) is 1.11. The number of carbonyl (C=O) groups excluding carboxylic acids is 1. The number of halogens is 1. The second kappa shape index (κ2) is 8.62. The number of benzene rings is 1. The van der Waals surface area contributed by atoms with Crippen LogP contribution in [-0.4, -0.2) is 67.3 Å². The van der Waals surface area contributed by atoms with Crippen molar-refractivity contribution >= 4 is 29.3 Å². The van der Waals surface area contributed by atoms with Crippen LogP contribution >= 0.6 is 23.4 Å². The molecule has 2 heterocycles. The van der Waals surface area contributed by atoms with Crippen molar-refractivity contribution in [3.63, 3.8) is 0 Å². The van der Waals surface area contributed by atoms with Gasteiger partial charge in [0.25, 0.3) is 5.91 Å². The van der Waals surface area contributed by atoms with Crippen LogP contribution in [0, 0.1) is 6.92 Å². The van der Waals surface area contributed by atoms with E-state index in [1.165, 1.54) is 0 Å². The summed E-state index contributed by atoms with van der Waals surface area (Å²) < 4.78 is 11.1. The molecule has 0 radical (unpaired) electrons. The van der Waals surface area contributed by atoms with Crippen molar-refractivity contribution in [3.05, 3.63) is 28.8 Å². The maximum Gasteiger partial charge on any atom is 0.258 e. The summed E-state index contributed by atoms with van der Waals surface area (Å²) in [6.45, 7) is 6.05. The van der Waals surface area contributed by atoms with Gasteiger partial charge in [0.1, 0.15) is 5.75 Å². The Labute approximate surface area is 158 Å². The lowest BCUT2D eigenvalue weighted by Crippen LogP contribution is -2.59. The molecule has 1 amide bonds. The van der Waals surface area contributed by atoms with Crippen LogP contribution in [0.25, 0.3) is 0 Å². The molecule has 1 atom stereocenters. The van der Waals surface area contributed by atoms with Crippen LogP contribution in [0.3, 0.4) is 0 Å². The Morgan fingerprint density at radius 2 is 2.24 bits per heavy atom. The summed E-state index contributed by atoms with van der Waals surface area (Å²) in [4.78, 5) is 14.8. The van der Waals surface area contributed by atoms with Crippen molar-refractivity contribution in [1.82, 2.24) is 10.2 Å². The van der Waals surface area contributed by atoms with Gasteiger partial charge in [-0.15, -0.1) is 0 Å². The van der Waals surface area contributed by atoms with E-state index in [0.717, 1.165) is 49.8 Å². The minimum atomic E-state index is -0.0844. The highest BCUT2D eigenvalue weighted by atomic mass is 35.5. The second-order valence-electron chi connectivity index (χ2n) is 6.60. The third-order valence-electron chi connectivity index (χ3n) is 4.87. The minimum absolute atomic E-state index is 0.0226. The Morgan fingerprint density at radius 1 is 1.44 bits per heavy atom. The predicted molar refractivity (Wildman–Crippen MR) is 102 cm³/mol. The third kappa shape index (κ3) is 4.82. The summed E-state index contributed by atoms with van der Waals surface area (Å²) in [5, 5.41) is 3.75. The van der Waals surface area contributed by atoms with E-state index in [1.807, 2.05) is 24.8 Å². The molecule has 2 saturated heterocycles. The van der Waals surface area contributed by atoms with E-state index in [-0.39, 0.29) is 18.1 Å². The molecule has 25 heavy (non-hydrogen) atoms. The topological polar surface area (TPSA) is 50.8 Å². The molecular weight excluding hydrogens is 360 g/mol. The zero-order valence-corrected chi connectivity index (χ0v) is 16.1. The average Bonchev–Trinajstić information content (AvgIpc) is 3.10. The predicted octanol–water partition coefficient (Wildman–Crippen LogP) is 2.35. The Kier molecular flexibility index (Phi) is 6.49. The number of amides is 1. The fourth-order valence-corrected chi connectivity index (χ4v) is 5.07. The van der Waals surface area contributed by atoms with Gasteiger partial charge in [-0.2, -0.15) is 11.8 Å². The first-order valence-corrected chi connectivity index (χ1v) is 10.2. The highest BCUT2D eigenvalue weighted by Crippen LogP contribution is 2.33. The zero-order valence-electron chi connectivity index (χ0n) is 14.6. The molecular formula is C18H25ClN2O3S. The molecule has 2 aliphatic rings. The molecule has 1 unspecified atom stereocenters. The van der Waals surface area contributed by atoms with Gasteiger partial charge >= 0.3 is 0 Å². The second-order valence-corrected chi connectivity index (χ2v) is 8.14. The van der Waals surface area contributed by atoms with E-state index in [9.17, 15) is 4.79 Å². The largest absolute Gasteiger partial charge is 0.484 e. The fourth-order valence-electron chi connectivity index (χ4n) is 3.37. The van der Waals surface area contributed by atoms with Crippen LogP contribution in [0.2, 0.25) is 5.02 Å². The van der Waals surface area contributed by atoms with Crippen molar-refractivity contribution in [2.24, 2.45) is 0 Å². The summed E-state index contributed by atoms with van der Waals surface area (Å²) in [5.41, 5.74) is 0.984. The summed E-state index contributed by atoms with van der Waals surface area (Å²) >= 11 is 7.90. The molecule has 1 aromatic rings. The molecule has 0 bridgehead atoms. The lowest BCUT2D eigenvalue weighted by Gasteiger charge is -2.43. The maximum absolute atomic E-state index is 12.3. The molecule has 0 saturated carbocycles. The Bertz CT molecular complexity index is 602. The van der Waals surface area contributed by atoms with E-state index in [0.29, 0.717) is 17.3 Å². The molecule has 1 aromatic carbocycles. The Balaban J connectivity index is 1.51. The molecule has 1 N–H and O–H groups in total. The van der Waals surface area contributed by atoms with Crippen LogP contribution in [0.15, 0.2) is 18.2 Å². The number of rotatable bonds is 6. The van der Waals surface area contributed by atoms with Gasteiger partial charge in [-0.05, 0) is 42.9 Å². The number of morpholine rings is 1. The van der Waals surface area contributed by atoms with E-state index in [2.05, 4.69) is 10.2 Å². The highest BCUT2D eigenvalue weighted by molar-refractivity contribution is 7.99. The number of aryl methyl sites for hydroxylation is 1. The molecule has 2 aliphatic heterocycles. The van der Waals surface area contributed by atoms with E-state index in [1.54, 1.807) is 12.1 Å². The van der Waals surface area contributed by atoms with Gasteiger partial charge < -0.3 is 14.8 Å². The van der Waals surface area contributed by atoms with E-state index < -0.39 is 0 Å². The first-order chi connectivity index (χ1) is 12.1. The van der Waals surface area contributed by atoms with Crippen molar-refractivity contribution in [3.8, 4) is 5.75 Å². The van der Waals surface area contributed by atoms with Gasteiger partial charge in [0.2, 0.25) is 0 Å². The molecule has 0 aliphatic carbocycles. The van der Waals surface area contributed by atoms with Gasteiger partial charge in [0.15, 0.2) is 6.61 Å². The van der Waals surface area contributed by atoms with Crippen molar-refractivity contribution in [2.45, 2.75) is 18.9 Å². The first-order valence-electron chi connectivity index (χ1n) is 8.65. The number of ether oxygens (including phenoxy) is 2. The number of hydrogen-bond acceptors (Lipinski definition) is 5. The van der Waals surface area contributed by atoms with Crippen LogP contribution in [0.1, 0.15) is 12.0 Å². The molecule has 2 fully saturated rings. The minimum Gasteiger partial charge on any atom is -0.484 e. The van der Waals surface area contributed by atoms with Crippen LogP contribution in [0.4, 0.5) is 0 Å². The molecule has 138 valence electrons. The van der Waals surface area contributed by atoms with Crippen molar-refractivity contribution in [1.29, 1.82) is 0 Å². The number of nitrogens with one attached hydrogen (secondary N) is 1. The van der Waals surface area contributed by atoms with Gasteiger partial charge in [-0.3, -0.25) is 9.69 Å². The molecule has 5 nitrogen and oxygen atoms in total. The van der Waals surface area contributed by atoms with Gasteiger partial charge in [-0.25, -0.2) is 0 Å². The summed E-state index contributed by atoms with van der Waals surface area (Å²) in [5.74, 6) is 2.82. The lowest BCUT2D eigenvalue weighted by atomic mass is 9.95. The average molecular weight is 385 g/mol. The Hall–Kier alpha value is -0.950. The maximum atomic E-state index is 12.3. The van der Waals surface area contributed by atoms with E-state index in [4.69, 9.17) is 21.1 Å². The highest BCUT2D eigenvalue weighted by Gasteiger charge is 2.40. The SMILES string of the molecule is Cc1cc(Cl)ccc1OCC(=O)NCC1(N2CCOCC2)CCSC1. The number of thioether (sulfide) groups is 1.